The quantitative estimate of drug-likeness (QED) is 0.424. The van der Waals surface area contributed by atoms with E-state index in [0.29, 0.717) is 54.0 Å². The van der Waals surface area contributed by atoms with Crippen LogP contribution in [0.2, 0.25) is 0 Å². The molecule has 7 nitrogen and oxygen atoms in total. The third-order valence-corrected chi connectivity index (χ3v) is 6.08. The number of aromatic nitrogens is 3. The third-order valence-electron chi connectivity index (χ3n) is 6.08. The van der Waals surface area contributed by atoms with Crippen LogP contribution in [0, 0.1) is 5.92 Å². The smallest absolute Gasteiger partial charge is 0.481 e. The molecular weight excluding hydrogens is 449 g/mol. The Morgan fingerprint density at radius 3 is 2.62 bits per heavy atom. The molecule has 0 unspecified atom stereocenters. The molecule has 1 aromatic carbocycles. The molecule has 0 bridgehead atoms. The maximum absolute atomic E-state index is 12.9. The molecular formula is C24H25F3N4O3. The zero-order valence-electron chi connectivity index (χ0n) is 18.5. The summed E-state index contributed by atoms with van der Waals surface area (Å²) in [5.74, 6) is -0.784. The Bertz CT molecular complexity index is 1260. The second-order valence-corrected chi connectivity index (χ2v) is 8.38. The molecule has 0 amide bonds. The van der Waals surface area contributed by atoms with E-state index in [-0.39, 0.29) is 28.8 Å². The number of hydrogen-bond donors (Lipinski definition) is 3. The van der Waals surface area contributed by atoms with Crippen molar-refractivity contribution in [3.63, 3.8) is 0 Å². The molecule has 1 aliphatic rings. The van der Waals surface area contributed by atoms with Gasteiger partial charge in [0.15, 0.2) is 5.75 Å². The number of nitrogens with two attached hydrogens (primary N) is 1. The fourth-order valence-electron chi connectivity index (χ4n) is 4.60. The Morgan fingerprint density at radius 2 is 2.03 bits per heavy atom. The third kappa shape index (κ3) is 4.52. The molecule has 0 aliphatic heterocycles. The zero-order chi connectivity index (χ0) is 24.6. The number of benzene rings is 1. The molecule has 1 fully saturated rings. The van der Waals surface area contributed by atoms with Crippen LogP contribution in [0.25, 0.3) is 34.2 Å². The molecule has 2 aromatic heterocycles. The van der Waals surface area contributed by atoms with Crippen LogP contribution in [-0.2, 0) is 4.79 Å². The van der Waals surface area contributed by atoms with E-state index in [1.165, 1.54) is 12.1 Å². The van der Waals surface area contributed by atoms with Crippen molar-refractivity contribution in [1.29, 1.82) is 0 Å². The molecule has 34 heavy (non-hydrogen) atoms. The summed E-state index contributed by atoms with van der Waals surface area (Å²) in [6, 6.07) is 6.09. The number of allylic oxidation sites excluding steroid dienone is 1. The number of nitrogens with one attached hydrogen (secondary N) is 1. The number of rotatable bonds is 6. The minimum Gasteiger partial charge on any atom is -0.481 e. The predicted octanol–water partition coefficient (Wildman–Crippen LogP) is 5.71. The molecule has 3 aromatic rings. The summed E-state index contributed by atoms with van der Waals surface area (Å²) in [6.45, 7) is 5.73. The number of hydrogen-bond acceptors (Lipinski definition) is 4. The van der Waals surface area contributed by atoms with Crippen molar-refractivity contribution in [3.8, 4) is 17.1 Å². The summed E-state index contributed by atoms with van der Waals surface area (Å²) in [5.41, 5.74) is 8.03. The van der Waals surface area contributed by atoms with Crippen molar-refractivity contribution >= 4 is 28.8 Å². The molecule has 10 heteroatoms. The van der Waals surface area contributed by atoms with Crippen molar-refractivity contribution in [2.24, 2.45) is 11.7 Å². The largest absolute Gasteiger partial charge is 0.573 e. The minimum absolute atomic E-state index is 0.00662. The Hall–Kier alpha value is -3.69. The van der Waals surface area contributed by atoms with Crippen LogP contribution < -0.4 is 10.5 Å². The van der Waals surface area contributed by atoms with Crippen molar-refractivity contribution < 1.29 is 27.8 Å². The average Bonchev–Trinajstić information content (AvgIpc) is 3.35. The molecule has 0 atom stereocenters. The van der Waals surface area contributed by atoms with Gasteiger partial charge in [0.25, 0.3) is 0 Å². The topological polar surface area (TPSA) is 106 Å². The molecule has 0 radical (unpaired) electrons. The van der Waals surface area contributed by atoms with Crippen molar-refractivity contribution in [2.75, 3.05) is 0 Å². The number of fused-ring (bicyclic) bond motifs is 1. The normalized spacial score (nSPS) is 19.1. The van der Waals surface area contributed by atoms with Crippen LogP contribution in [0.5, 0.6) is 5.75 Å². The number of carbonyl (C=O) groups is 1. The first-order chi connectivity index (χ1) is 16.1. The van der Waals surface area contributed by atoms with Crippen LogP contribution in [0.15, 0.2) is 36.9 Å². The number of imidazole rings is 1. The Morgan fingerprint density at radius 1 is 1.32 bits per heavy atom. The van der Waals surface area contributed by atoms with Gasteiger partial charge < -0.3 is 25.1 Å². The second kappa shape index (κ2) is 8.92. The summed E-state index contributed by atoms with van der Waals surface area (Å²) in [4.78, 5) is 19.2. The first-order valence-electron chi connectivity index (χ1n) is 10.9. The Labute approximate surface area is 193 Å². The van der Waals surface area contributed by atoms with Crippen molar-refractivity contribution in [2.45, 2.75) is 44.9 Å². The van der Waals surface area contributed by atoms with E-state index in [0.717, 1.165) is 0 Å². The van der Waals surface area contributed by atoms with Crippen LogP contribution in [0.1, 0.15) is 50.0 Å². The second-order valence-electron chi connectivity index (χ2n) is 8.38. The van der Waals surface area contributed by atoms with Gasteiger partial charge in [-0.3, -0.25) is 4.79 Å². The number of carboxylic acid groups (broad SMARTS) is 1. The fraction of sp³-hybridized carbons (Fsp3) is 0.333. The van der Waals surface area contributed by atoms with Gasteiger partial charge in [0.05, 0.1) is 28.5 Å². The van der Waals surface area contributed by atoms with Crippen LogP contribution in [-0.4, -0.2) is 32.0 Å². The van der Waals surface area contributed by atoms with E-state index >= 15 is 0 Å². The number of carboxylic acids is 1. The van der Waals surface area contributed by atoms with E-state index in [1.807, 2.05) is 23.8 Å². The number of aliphatic carboxylic acids is 1. The van der Waals surface area contributed by atoms with Gasteiger partial charge in [-0.2, -0.15) is 0 Å². The molecule has 180 valence electrons. The van der Waals surface area contributed by atoms with Crippen LogP contribution in [0.3, 0.4) is 0 Å². The lowest BCUT2D eigenvalue weighted by Crippen LogP contribution is -2.22. The summed E-state index contributed by atoms with van der Waals surface area (Å²) in [5, 5.41) is 9.84. The Balaban J connectivity index is 1.82. The van der Waals surface area contributed by atoms with Crippen LogP contribution in [0.4, 0.5) is 13.2 Å². The molecule has 0 spiro atoms. The highest BCUT2D eigenvalue weighted by atomic mass is 19.4. The van der Waals surface area contributed by atoms with Crippen molar-refractivity contribution in [1.82, 2.24) is 14.5 Å². The predicted molar refractivity (Wildman–Crippen MR) is 123 cm³/mol. The van der Waals surface area contributed by atoms with Gasteiger partial charge in [0.1, 0.15) is 11.5 Å². The van der Waals surface area contributed by atoms with E-state index in [4.69, 9.17) is 10.7 Å². The van der Waals surface area contributed by atoms with Gasteiger partial charge in [-0.05, 0) is 44.7 Å². The van der Waals surface area contributed by atoms with Crippen molar-refractivity contribution in [3.05, 3.63) is 48.4 Å². The van der Waals surface area contributed by atoms with Crippen LogP contribution >= 0.6 is 0 Å². The minimum atomic E-state index is -4.83. The lowest BCUT2D eigenvalue weighted by atomic mass is 9.81. The highest BCUT2D eigenvalue weighted by Gasteiger charge is 2.33. The molecule has 0 saturated heterocycles. The summed E-state index contributed by atoms with van der Waals surface area (Å²) in [6.07, 6.45) is 1.19. The lowest BCUT2D eigenvalue weighted by molar-refractivity contribution is -0.274. The first-order valence-corrected chi connectivity index (χ1v) is 10.9. The van der Waals surface area contributed by atoms with Gasteiger partial charge in [-0.1, -0.05) is 24.8 Å². The number of halogens is 3. The van der Waals surface area contributed by atoms with Gasteiger partial charge in [0.2, 0.25) is 0 Å². The standard InChI is InChI=1S/C24H25F3N4O3/c1-3-11-31-21(13(2)28)20(30-22(31)14-7-9-15(10-8-14)23(32)33)17-12-16-5-4-6-18(19(16)29-17)34-24(25,26)27/h3-6,11-12,14-15,29H,2,7-10,28H2,1H3,(H,32,33)/b11-3-. The number of alkyl halides is 3. The summed E-state index contributed by atoms with van der Waals surface area (Å²) in [7, 11) is 0. The molecule has 4 rings (SSSR count). The van der Waals surface area contributed by atoms with E-state index in [1.54, 1.807) is 12.1 Å². The number of H-pyrrole nitrogens is 1. The van der Waals surface area contributed by atoms with Gasteiger partial charge in [0, 0.05) is 17.5 Å². The fourth-order valence-corrected chi connectivity index (χ4v) is 4.60. The monoisotopic (exact) mass is 474 g/mol. The summed E-state index contributed by atoms with van der Waals surface area (Å²) >= 11 is 0. The van der Waals surface area contributed by atoms with Gasteiger partial charge >= 0.3 is 12.3 Å². The highest BCUT2D eigenvalue weighted by molar-refractivity contribution is 5.91. The number of ether oxygens (including phenoxy) is 1. The lowest BCUT2D eigenvalue weighted by Gasteiger charge is -2.25. The highest BCUT2D eigenvalue weighted by Crippen LogP contribution is 2.40. The SMILES string of the molecule is C=C(N)c1c(-c2cc3cccc(OC(F)(F)F)c3[nH]2)nc(C2CCC(C(=O)O)CC2)n1/C=C\C. The Kier molecular flexibility index (Phi) is 6.16. The molecule has 1 aliphatic carbocycles. The zero-order valence-corrected chi connectivity index (χ0v) is 18.5. The summed E-state index contributed by atoms with van der Waals surface area (Å²) < 4.78 is 44.6. The number of para-hydroxylation sites is 1. The van der Waals surface area contributed by atoms with E-state index < -0.39 is 12.3 Å². The maximum Gasteiger partial charge on any atom is 0.573 e. The molecule has 1 saturated carbocycles. The van der Waals surface area contributed by atoms with E-state index in [9.17, 15) is 23.1 Å². The number of aromatic amines is 1. The van der Waals surface area contributed by atoms with E-state index in [2.05, 4.69) is 16.3 Å². The maximum atomic E-state index is 12.9. The first kappa shape index (κ1) is 23.5. The number of nitrogens with zero attached hydrogens (tertiary/aromatic N) is 2. The molecule has 2 heterocycles. The molecule has 4 N–H and O–H groups in total. The van der Waals surface area contributed by atoms with Gasteiger partial charge in [-0.25, -0.2) is 4.98 Å². The average molecular weight is 474 g/mol. The van der Waals surface area contributed by atoms with Gasteiger partial charge in [-0.15, -0.1) is 13.2 Å².